The molecule has 0 saturated carbocycles. The molecule has 19 heavy (non-hydrogen) atoms. The van der Waals surface area contributed by atoms with Gasteiger partial charge in [0.25, 0.3) is 0 Å². The van der Waals surface area contributed by atoms with E-state index in [9.17, 15) is 4.79 Å². The van der Waals surface area contributed by atoms with Crippen LogP contribution in [0.25, 0.3) is 10.8 Å². The van der Waals surface area contributed by atoms with Gasteiger partial charge in [-0.15, -0.1) is 0 Å². The fourth-order valence-corrected chi connectivity index (χ4v) is 2.18. The zero-order chi connectivity index (χ0) is 13.2. The summed E-state index contributed by atoms with van der Waals surface area (Å²) in [6.45, 7) is 1.89. The van der Waals surface area contributed by atoms with E-state index in [-0.39, 0.29) is 5.78 Å². The SMILES string of the molecule is Cc1cc(C(=O)c2ccc3ccccc3c2)ccn1. The fraction of sp³-hybridized carbons (Fsp3) is 0.0588. The van der Waals surface area contributed by atoms with E-state index in [1.54, 1.807) is 12.3 Å². The van der Waals surface area contributed by atoms with Gasteiger partial charge >= 0.3 is 0 Å². The molecular weight excluding hydrogens is 234 g/mol. The van der Waals surface area contributed by atoms with Crippen molar-refractivity contribution in [1.82, 2.24) is 4.98 Å². The number of benzene rings is 2. The highest BCUT2D eigenvalue weighted by molar-refractivity contribution is 6.10. The summed E-state index contributed by atoms with van der Waals surface area (Å²) in [5, 5.41) is 2.23. The minimum atomic E-state index is 0.0382. The lowest BCUT2D eigenvalue weighted by molar-refractivity contribution is 0.103. The van der Waals surface area contributed by atoms with Crippen LogP contribution in [0.5, 0.6) is 0 Å². The Morgan fingerprint density at radius 1 is 0.895 bits per heavy atom. The largest absolute Gasteiger partial charge is 0.289 e. The van der Waals surface area contributed by atoms with Crippen LogP contribution in [-0.2, 0) is 0 Å². The fourth-order valence-electron chi connectivity index (χ4n) is 2.18. The molecule has 0 fully saturated rings. The van der Waals surface area contributed by atoms with Gasteiger partial charge in [-0.3, -0.25) is 9.78 Å². The van der Waals surface area contributed by atoms with E-state index in [4.69, 9.17) is 0 Å². The molecule has 1 heterocycles. The summed E-state index contributed by atoms with van der Waals surface area (Å²) in [5.41, 5.74) is 2.25. The molecule has 1 aromatic heterocycles. The summed E-state index contributed by atoms with van der Waals surface area (Å²) in [6, 6.07) is 17.4. The lowest BCUT2D eigenvalue weighted by Crippen LogP contribution is -2.02. The first kappa shape index (κ1) is 11.6. The third-order valence-electron chi connectivity index (χ3n) is 3.17. The van der Waals surface area contributed by atoms with Crippen molar-refractivity contribution in [3.63, 3.8) is 0 Å². The number of rotatable bonds is 2. The van der Waals surface area contributed by atoms with Gasteiger partial charge in [-0.05, 0) is 35.9 Å². The number of aromatic nitrogens is 1. The summed E-state index contributed by atoms with van der Waals surface area (Å²) < 4.78 is 0. The number of fused-ring (bicyclic) bond motifs is 1. The van der Waals surface area contributed by atoms with E-state index in [2.05, 4.69) is 4.98 Å². The molecule has 0 aliphatic heterocycles. The van der Waals surface area contributed by atoms with Crippen molar-refractivity contribution < 1.29 is 4.79 Å². The van der Waals surface area contributed by atoms with E-state index >= 15 is 0 Å². The van der Waals surface area contributed by atoms with Crippen molar-refractivity contribution in [1.29, 1.82) is 0 Å². The molecule has 2 nitrogen and oxygen atoms in total. The van der Waals surface area contributed by atoms with Crippen LogP contribution in [0.15, 0.2) is 60.8 Å². The Morgan fingerprint density at radius 3 is 2.42 bits per heavy atom. The van der Waals surface area contributed by atoms with Crippen molar-refractivity contribution >= 4 is 16.6 Å². The number of hydrogen-bond acceptors (Lipinski definition) is 2. The number of aryl methyl sites for hydroxylation is 1. The van der Waals surface area contributed by atoms with E-state index in [1.165, 1.54) is 0 Å². The average molecular weight is 247 g/mol. The van der Waals surface area contributed by atoms with E-state index < -0.39 is 0 Å². The first-order valence-corrected chi connectivity index (χ1v) is 6.20. The van der Waals surface area contributed by atoms with Gasteiger partial charge in [0.15, 0.2) is 5.78 Å². The molecule has 0 spiro atoms. The van der Waals surface area contributed by atoms with Gasteiger partial charge in [0.2, 0.25) is 0 Å². The van der Waals surface area contributed by atoms with E-state index in [0.717, 1.165) is 16.5 Å². The first-order chi connectivity index (χ1) is 9.24. The Morgan fingerprint density at radius 2 is 1.63 bits per heavy atom. The second-order valence-electron chi connectivity index (χ2n) is 4.58. The third kappa shape index (κ3) is 2.25. The molecule has 0 amide bonds. The molecule has 2 heteroatoms. The molecule has 0 aliphatic rings. The normalized spacial score (nSPS) is 10.6. The Balaban J connectivity index is 2.06. The third-order valence-corrected chi connectivity index (χ3v) is 3.17. The quantitative estimate of drug-likeness (QED) is 0.645. The van der Waals surface area contributed by atoms with Crippen LogP contribution in [0.4, 0.5) is 0 Å². The molecule has 0 radical (unpaired) electrons. The first-order valence-electron chi connectivity index (χ1n) is 6.20. The summed E-state index contributed by atoms with van der Waals surface area (Å²) in [4.78, 5) is 16.5. The Kier molecular flexibility index (Phi) is 2.84. The zero-order valence-electron chi connectivity index (χ0n) is 10.6. The van der Waals surface area contributed by atoms with Crippen LogP contribution in [0.1, 0.15) is 21.6 Å². The van der Waals surface area contributed by atoms with Crippen LogP contribution in [-0.4, -0.2) is 10.8 Å². The van der Waals surface area contributed by atoms with Gasteiger partial charge in [-0.1, -0.05) is 36.4 Å². The van der Waals surface area contributed by atoms with Gasteiger partial charge in [0.1, 0.15) is 0 Å². The Hall–Kier alpha value is -2.48. The zero-order valence-corrected chi connectivity index (χ0v) is 10.6. The van der Waals surface area contributed by atoms with Crippen molar-refractivity contribution in [3.05, 3.63) is 77.6 Å². The summed E-state index contributed by atoms with van der Waals surface area (Å²) in [7, 11) is 0. The highest BCUT2D eigenvalue weighted by atomic mass is 16.1. The molecule has 0 N–H and O–H groups in total. The van der Waals surface area contributed by atoms with Gasteiger partial charge in [-0.2, -0.15) is 0 Å². The van der Waals surface area contributed by atoms with Crippen LogP contribution in [0.3, 0.4) is 0 Å². The number of hydrogen-bond donors (Lipinski definition) is 0. The molecule has 0 unspecified atom stereocenters. The van der Waals surface area contributed by atoms with E-state index in [0.29, 0.717) is 11.1 Å². The minimum Gasteiger partial charge on any atom is -0.289 e. The van der Waals surface area contributed by atoms with Crippen LogP contribution < -0.4 is 0 Å². The predicted molar refractivity (Wildman–Crippen MR) is 76.4 cm³/mol. The number of nitrogens with zero attached hydrogens (tertiary/aromatic N) is 1. The lowest BCUT2D eigenvalue weighted by atomic mass is 10.0. The number of carbonyl (C=O) groups is 1. The highest BCUT2D eigenvalue weighted by Crippen LogP contribution is 2.18. The number of ketones is 1. The standard InChI is InChI=1S/C17H13NO/c1-12-10-16(8-9-18-12)17(19)15-7-6-13-4-2-3-5-14(13)11-15/h2-11H,1H3. The van der Waals surface area contributed by atoms with Crippen LogP contribution in [0, 0.1) is 6.92 Å². The molecule has 0 bridgehead atoms. The lowest BCUT2D eigenvalue weighted by Gasteiger charge is -2.04. The molecule has 0 aliphatic carbocycles. The maximum absolute atomic E-state index is 12.4. The molecular formula is C17H13NO. The van der Waals surface area contributed by atoms with Crippen molar-refractivity contribution in [2.45, 2.75) is 6.92 Å². The van der Waals surface area contributed by atoms with Gasteiger partial charge in [0, 0.05) is 23.0 Å². The van der Waals surface area contributed by atoms with Gasteiger partial charge in [-0.25, -0.2) is 0 Å². The molecule has 0 atom stereocenters. The van der Waals surface area contributed by atoms with Crippen LogP contribution in [0.2, 0.25) is 0 Å². The topological polar surface area (TPSA) is 30.0 Å². The molecule has 92 valence electrons. The number of pyridine rings is 1. The highest BCUT2D eigenvalue weighted by Gasteiger charge is 2.09. The maximum Gasteiger partial charge on any atom is 0.193 e. The molecule has 3 aromatic rings. The van der Waals surface area contributed by atoms with Crippen molar-refractivity contribution in [2.75, 3.05) is 0 Å². The van der Waals surface area contributed by atoms with Gasteiger partial charge < -0.3 is 0 Å². The smallest absolute Gasteiger partial charge is 0.193 e. The van der Waals surface area contributed by atoms with Gasteiger partial charge in [0.05, 0.1) is 0 Å². The monoisotopic (exact) mass is 247 g/mol. The molecule has 2 aromatic carbocycles. The Bertz CT molecular complexity index is 762. The Labute approximate surface area is 111 Å². The molecule has 3 rings (SSSR count). The van der Waals surface area contributed by atoms with Crippen molar-refractivity contribution in [3.8, 4) is 0 Å². The van der Waals surface area contributed by atoms with Crippen molar-refractivity contribution in [2.24, 2.45) is 0 Å². The van der Waals surface area contributed by atoms with E-state index in [1.807, 2.05) is 55.5 Å². The summed E-state index contributed by atoms with van der Waals surface area (Å²) >= 11 is 0. The average Bonchev–Trinajstić information content (AvgIpc) is 2.46. The second kappa shape index (κ2) is 4.65. The maximum atomic E-state index is 12.4. The minimum absolute atomic E-state index is 0.0382. The molecule has 0 saturated heterocycles. The summed E-state index contributed by atoms with van der Waals surface area (Å²) in [5.74, 6) is 0.0382. The second-order valence-corrected chi connectivity index (χ2v) is 4.58. The van der Waals surface area contributed by atoms with Crippen LogP contribution >= 0.6 is 0 Å². The summed E-state index contributed by atoms with van der Waals surface area (Å²) in [6.07, 6.45) is 1.67. The number of carbonyl (C=O) groups excluding carboxylic acids is 1. The predicted octanol–water partition coefficient (Wildman–Crippen LogP) is 3.77.